The standard InChI is InChI=1S/C46H26OS/c1-3-13-34-32(11-1)42(29-21-19-27(20-22-29)30-15-8-16-38-31-10-5-6-18-41(31)48-46(30)38)33-12-2-4-14-35(33)44(34)36-25-26-40-45-37(36)24-23-28-9-7-17-39(47-40)43(28)45/h1-26H. The third kappa shape index (κ3) is 3.55. The van der Waals surface area contributed by atoms with Crippen LogP contribution in [0.25, 0.3) is 108 Å². The van der Waals surface area contributed by atoms with Gasteiger partial charge in [0.1, 0.15) is 11.2 Å². The Morgan fingerprint density at radius 3 is 1.75 bits per heavy atom. The van der Waals surface area contributed by atoms with Crippen LogP contribution in [0.5, 0.6) is 0 Å². The van der Waals surface area contributed by atoms with Crippen LogP contribution in [0.3, 0.4) is 0 Å². The highest BCUT2D eigenvalue weighted by Crippen LogP contribution is 2.48. The number of hydrogen-bond acceptors (Lipinski definition) is 2. The van der Waals surface area contributed by atoms with E-state index in [0.717, 1.165) is 11.2 Å². The molecule has 0 saturated heterocycles. The van der Waals surface area contributed by atoms with Gasteiger partial charge in [0.2, 0.25) is 0 Å². The predicted molar refractivity (Wildman–Crippen MR) is 207 cm³/mol. The van der Waals surface area contributed by atoms with Crippen LogP contribution in [0.15, 0.2) is 162 Å². The van der Waals surface area contributed by atoms with Crippen molar-refractivity contribution in [2.75, 3.05) is 0 Å². The second kappa shape index (κ2) is 9.78. The van der Waals surface area contributed by atoms with E-state index in [0.29, 0.717) is 0 Å². The number of rotatable bonds is 3. The van der Waals surface area contributed by atoms with E-state index in [-0.39, 0.29) is 0 Å². The highest BCUT2D eigenvalue weighted by atomic mass is 32.1. The van der Waals surface area contributed by atoms with E-state index in [1.807, 2.05) is 11.3 Å². The average Bonchev–Trinajstić information content (AvgIpc) is 3.73. The van der Waals surface area contributed by atoms with Crippen LogP contribution in [0.1, 0.15) is 0 Å². The van der Waals surface area contributed by atoms with Crippen LogP contribution in [-0.2, 0) is 0 Å². The topological polar surface area (TPSA) is 13.1 Å². The van der Waals surface area contributed by atoms with Gasteiger partial charge in [-0.15, -0.1) is 11.3 Å². The van der Waals surface area contributed by atoms with Crippen molar-refractivity contribution in [3.8, 4) is 33.4 Å². The lowest BCUT2D eigenvalue weighted by molar-refractivity contribution is 0.669. The maximum atomic E-state index is 6.34. The van der Waals surface area contributed by atoms with Crippen LogP contribution in [0.4, 0.5) is 0 Å². The fraction of sp³-hybridized carbons (Fsp3) is 0. The molecule has 0 aliphatic rings. The van der Waals surface area contributed by atoms with Crippen LogP contribution in [0.2, 0.25) is 0 Å². The molecule has 222 valence electrons. The fourth-order valence-electron chi connectivity index (χ4n) is 8.19. The highest BCUT2D eigenvalue weighted by Gasteiger charge is 2.21. The van der Waals surface area contributed by atoms with E-state index >= 15 is 0 Å². The Labute approximate surface area is 280 Å². The lowest BCUT2D eigenvalue weighted by Gasteiger charge is -2.19. The van der Waals surface area contributed by atoms with Gasteiger partial charge in [0.05, 0.1) is 0 Å². The normalized spacial score (nSPS) is 12.2. The molecule has 0 radical (unpaired) electrons. The van der Waals surface area contributed by atoms with E-state index in [4.69, 9.17) is 4.42 Å². The van der Waals surface area contributed by atoms with Gasteiger partial charge in [-0.05, 0) is 90.0 Å². The minimum Gasteiger partial charge on any atom is -0.456 e. The van der Waals surface area contributed by atoms with Gasteiger partial charge in [-0.25, -0.2) is 0 Å². The molecule has 0 saturated carbocycles. The van der Waals surface area contributed by atoms with Crippen molar-refractivity contribution in [1.29, 1.82) is 0 Å². The molecule has 2 heterocycles. The largest absolute Gasteiger partial charge is 0.456 e. The first-order valence-corrected chi connectivity index (χ1v) is 17.2. The predicted octanol–water partition coefficient (Wildman–Crippen LogP) is 13.9. The molecule has 2 aromatic heterocycles. The molecule has 0 aliphatic heterocycles. The quantitative estimate of drug-likeness (QED) is 0.140. The van der Waals surface area contributed by atoms with E-state index in [1.165, 1.54) is 96.6 Å². The smallest absolute Gasteiger partial charge is 0.136 e. The molecule has 0 spiro atoms. The fourth-order valence-corrected chi connectivity index (χ4v) is 9.42. The first kappa shape index (κ1) is 26.1. The summed E-state index contributed by atoms with van der Waals surface area (Å²) in [6.45, 7) is 0. The Morgan fingerprint density at radius 2 is 0.979 bits per heavy atom. The first-order chi connectivity index (χ1) is 23.8. The second-order valence-electron chi connectivity index (χ2n) is 12.8. The molecule has 1 nitrogen and oxygen atoms in total. The third-order valence-electron chi connectivity index (χ3n) is 10.3. The maximum absolute atomic E-state index is 6.34. The molecule has 0 atom stereocenters. The van der Waals surface area contributed by atoms with Gasteiger partial charge < -0.3 is 4.42 Å². The van der Waals surface area contributed by atoms with Crippen LogP contribution in [0, 0.1) is 0 Å². The van der Waals surface area contributed by atoms with Crippen molar-refractivity contribution >= 4 is 85.8 Å². The van der Waals surface area contributed by atoms with E-state index in [2.05, 4.69) is 158 Å². The second-order valence-corrected chi connectivity index (χ2v) is 13.8. The molecular weight excluding hydrogens is 601 g/mol. The summed E-state index contributed by atoms with van der Waals surface area (Å²) in [5.41, 5.74) is 9.43. The zero-order valence-corrected chi connectivity index (χ0v) is 26.6. The van der Waals surface area contributed by atoms with Gasteiger partial charge >= 0.3 is 0 Å². The molecule has 2 heteroatoms. The summed E-state index contributed by atoms with van der Waals surface area (Å²) >= 11 is 1.88. The summed E-state index contributed by atoms with van der Waals surface area (Å²) in [7, 11) is 0. The van der Waals surface area contributed by atoms with Crippen molar-refractivity contribution in [1.82, 2.24) is 0 Å². The van der Waals surface area contributed by atoms with Gasteiger partial charge in [0.15, 0.2) is 0 Å². The Morgan fingerprint density at radius 1 is 0.354 bits per heavy atom. The molecule has 48 heavy (non-hydrogen) atoms. The molecule has 0 unspecified atom stereocenters. The number of fused-ring (bicyclic) bond motifs is 5. The minimum atomic E-state index is 0.942. The van der Waals surface area contributed by atoms with Crippen molar-refractivity contribution < 1.29 is 4.42 Å². The molecule has 0 N–H and O–H groups in total. The number of thiophene rings is 1. The van der Waals surface area contributed by atoms with Crippen molar-refractivity contribution in [2.45, 2.75) is 0 Å². The molecule has 11 rings (SSSR count). The Bertz CT molecular complexity index is 2990. The van der Waals surface area contributed by atoms with Crippen molar-refractivity contribution in [2.24, 2.45) is 0 Å². The van der Waals surface area contributed by atoms with E-state index in [9.17, 15) is 0 Å². The first-order valence-electron chi connectivity index (χ1n) is 16.4. The van der Waals surface area contributed by atoms with E-state index in [1.54, 1.807) is 0 Å². The lowest BCUT2D eigenvalue weighted by Crippen LogP contribution is -1.92. The Kier molecular flexibility index (Phi) is 5.32. The van der Waals surface area contributed by atoms with Crippen LogP contribution in [-0.4, -0.2) is 0 Å². The molecule has 0 aliphatic carbocycles. The Hall–Kier alpha value is -5.96. The van der Waals surface area contributed by atoms with Crippen LogP contribution >= 0.6 is 11.3 Å². The van der Waals surface area contributed by atoms with E-state index < -0.39 is 0 Å². The summed E-state index contributed by atoms with van der Waals surface area (Å²) in [5, 5.41) is 12.6. The van der Waals surface area contributed by atoms with Gasteiger partial charge in [0, 0.05) is 30.9 Å². The van der Waals surface area contributed by atoms with Gasteiger partial charge in [-0.2, -0.15) is 0 Å². The average molecular weight is 627 g/mol. The highest BCUT2D eigenvalue weighted by molar-refractivity contribution is 7.26. The minimum absolute atomic E-state index is 0.942. The summed E-state index contributed by atoms with van der Waals surface area (Å²) in [5.74, 6) is 0. The van der Waals surface area contributed by atoms with Gasteiger partial charge in [0.25, 0.3) is 0 Å². The van der Waals surface area contributed by atoms with Crippen LogP contribution < -0.4 is 0 Å². The van der Waals surface area contributed by atoms with Crippen molar-refractivity contribution in [3.05, 3.63) is 158 Å². The monoisotopic (exact) mass is 626 g/mol. The summed E-state index contributed by atoms with van der Waals surface area (Å²) < 4.78 is 9.02. The maximum Gasteiger partial charge on any atom is 0.136 e. The number of hydrogen-bond donors (Lipinski definition) is 0. The zero-order valence-electron chi connectivity index (χ0n) is 25.8. The SMILES string of the molecule is c1cc2ccc3c(-c4c5ccccc5c(-c5ccc(-c6cccc7c6sc6ccccc67)cc5)c5ccccc45)ccc4oc(c1)c2c43. The molecule has 0 fully saturated rings. The molecule has 0 amide bonds. The summed E-state index contributed by atoms with van der Waals surface area (Å²) in [6, 6.07) is 57.8. The van der Waals surface area contributed by atoms with Gasteiger partial charge in [-0.1, -0.05) is 133 Å². The number of benzene rings is 9. The molecular formula is C46H26OS. The number of furan rings is 1. The Balaban J connectivity index is 1.14. The third-order valence-corrected chi connectivity index (χ3v) is 11.5. The summed E-state index contributed by atoms with van der Waals surface area (Å²) in [4.78, 5) is 0. The molecule has 11 aromatic rings. The summed E-state index contributed by atoms with van der Waals surface area (Å²) in [6.07, 6.45) is 0. The van der Waals surface area contributed by atoms with Gasteiger partial charge in [-0.3, -0.25) is 0 Å². The molecule has 9 aromatic carbocycles. The zero-order chi connectivity index (χ0) is 31.3. The lowest BCUT2D eigenvalue weighted by atomic mass is 9.84. The van der Waals surface area contributed by atoms with Crippen molar-refractivity contribution in [3.63, 3.8) is 0 Å². The molecule has 0 bridgehead atoms.